The summed E-state index contributed by atoms with van der Waals surface area (Å²) in [6.07, 6.45) is 2.11. The van der Waals surface area contributed by atoms with Crippen LogP contribution in [0, 0.1) is 0 Å². The van der Waals surface area contributed by atoms with Gasteiger partial charge in [-0.2, -0.15) is 11.8 Å². The Labute approximate surface area is 107 Å². The van der Waals surface area contributed by atoms with Crippen LogP contribution in [0.2, 0.25) is 0 Å². The van der Waals surface area contributed by atoms with Gasteiger partial charge in [-0.3, -0.25) is 4.79 Å². The van der Waals surface area contributed by atoms with Gasteiger partial charge < -0.3 is 4.90 Å². The molecule has 1 amide bonds. The van der Waals surface area contributed by atoms with E-state index in [2.05, 4.69) is 13.0 Å². The molecule has 1 aliphatic heterocycles. The van der Waals surface area contributed by atoms with Crippen molar-refractivity contribution in [2.24, 2.45) is 0 Å². The minimum atomic E-state index is 0.216. The lowest BCUT2D eigenvalue weighted by Crippen LogP contribution is -2.38. The first-order chi connectivity index (χ1) is 8.33. The molecular formula is C14H19NOS. The number of hydrogen-bond donors (Lipinski definition) is 0. The molecule has 1 heterocycles. The van der Waals surface area contributed by atoms with Crippen LogP contribution in [0.4, 0.5) is 0 Å². The Morgan fingerprint density at radius 3 is 3.00 bits per heavy atom. The standard InChI is InChI=1S/C14H19NOS/c1-2-17-11-5-9-15-10-8-12-6-3-4-7-13(12)14(15)16/h3-4,6-7H,2,5,8-11H2,1H3. The molecule has 0 N–H and O–H groups in total. The first-order valence-corrected chi connectivity index (χ1v) is 7.43. The lowest BCUT2D eigenvalue weighted by atomic mass is 9.99. The van der Waals surface area contributed by atoms with Gasteiger partial charge in [-0.05, 0) is 36.0 Å². The van der Waals surface area contributed by atoms with Gasteiger partial charge in [-0.15, -0.1) is 0 Å². The first-order valence-electron chi connectivity index (χ1n) is 6.28. The lowest BCUT2D eigenvalue weighted by Gasteiger charge is -2.28. The van der Waals surface area contributed by atoms with Crippen molar-refractivity contribution in [3.8, 4) is 0 Å². The molecule has 1 aromatic carbocycles. The number of hydrogen-bond acceptors (Lipinski definition) is 2. The third-order valence-electron chi connectivity index (χ3n) is 3.11. The van der Waals surface area contributed by atoms with Crippen molar-refractivity contribution in [1.82, 2.24) is 4.90 Å². The summed E-state index contributed by atoms with van der Waals surface area (Å²) in [5.74, 6) is 2.53. The number of rotatable bonds is 5. The zero-order valence-electron chi connectivity index (χ0n) is 10.3. The normalized spacial score (nSPS) is 14.9. The van der Waals surface area contributed by atoms with Crippen molar-refractivity contribution in [1.29, 1.82) is 0 Å². The molecule has 0 saturated heterocycles. The van der Waals surface area contributed by atoms with Gasteiger partial charge in [0.25, 0.3) is 5.91 Å². The Hall–Kier alpha value is -0.960. The molecule has 0 aliphatic carbocycles. The van der Waals surface area contributed by atoms with Gasteiger partial charge in [-0.25, -0.2) is 0 Å². The van der Waals surface area contributed by atoms with E-state index in [-0.39, 0.29) is 5.91 Å². The quantitative estimate of drug-likeness (QED) is 0.748. The third kappa shape index (κ3) is 3.03. The van der Waals surface area contributed by atoms with E-state index in [1.54, 1.807) is 0 Å². The van der Waals surface area contributed by atoms with Gasteiger partial charge in [0.1, 0.15) is 0 Å². The average Bonchev–Trinajstić information content (AvgIpc) is 2.37. The maximum Gasteiger partial charge on any atom is 0.254 e. The van der Waals surface area contributed by atoms with Crippen LogP contribution in [0.15, 0.2) is 24.3 Å². The monoisotopic (exact) mass is 249 g/mol. The van der Waals surface area contributed by atoms with Gasteiger partial charge in [0.2, 0.25) is 0 Å². The smallest absolute Gasteiger partial charge is 0.254 e. The summed E-state index contributed by atoms with van der Waals surface area (Å²) in [5.41, 5.74) is 2.11. The number of fused-ring (bicyclic) bond motifs is 1. The maximum atomic E-state index is 12.2. The Balaban J connectivity index is 1.93. The molecule has 2 rings (SSSR count). The predicted octanol–water partition coefficient (Wildman–Crippen LogP) is 2.83. The molecule has 0 bridgehead atoms. The molecule has 0 saturated carbocycles. The van der Waals surface area contributed by atoms with E-state index in [4.69, 9.17) is 0 Å². The molecule has 1 aromatic rings. The maximum absolute atomic E-state index is 12.2. The highest BCUT2D eigenvalue weighted by Crippen LogP contribution is 2.18. The third-order valence-corrected chi connectivity index (χ3v) is 4.09. The van der Waals surface area contributed by atoms with Gasteiger partial charge in [0.15, 0.2) is 0 Å². The summed E-state index contributed by atoms with van der Waals surface area (Å²) in [5, 5.41) is 0. The van der Waals surface area contributed by atoms with Crippen molar-refractivity contribution in [3.63, 3.8) is 0 Å². The number of carbonyl (C=O) groups excluding carboxylic acids is 1. The van der Waals surface area contributed by atoms with E-state index in [0.717, 1.165) is 43.0 Å². The first kappa shape index (κ1) is 12.5. The summed E-state index contributed by atoms with van der Waals surface area (Å²) in [6, 6.07) is 7.98. The van der Waals surface area contributed by atoms with Crippen molar-refractivity contribution in [3.05, 3.63) is 35.4 Å². The van der Waals surface area contributed by atoms with Crippen molar-refractivity contribution in [2.45, 2.75) is 19.8 Å². The highest BCUT2D eigenvalue weighted by Gasteiger charge is 2.22. The molecule has 0 fully saturated rings. The van der Waals surface area contributed by atoms with Crippen LogP contribution < -0.4 is 0 Å². The fourth-order valence-corrected chi connectivity index (χ4v) is 2.81. The SMILES string of the molecule is CCSCCCN1CCc2ccccc2C1=O. The minimum absolute atomic E-state index is 0.216. The van der Waals surface area contributed by atoms with Crippen molar-refractivity contribution >= 4 is 17.7 Å². The van der Waals surface area contributed by atoms with E-state index in [1.165, 1.54) is 5.56 Å². The molecule has 0 unspecified atom stereocenters. The highest BCUT2D eigenvalue weighted by atomic mass is 32.2. The summed E-state index contributed by atoms with van der Waals surface area (Å²) in [6.45, 7) is 3.96. The second-order valence-electron chi connectivity index (χ2n) is 4.25. The molecule has 2 nitrogen and oxygen atoms in total. The van der Waals surface area contributed by atoms with Gasteiger partial charge in [0.05, 0.1) is 0 Å². The second-order valence-corrected chi connectivity index (χ2v) is 5.64. The van der Waals surface area contributed by atoms with E-state index < -0.39 is 0 Å². The second kappa shape index (κ2) is 6.10. The van der Waals surface area contributed by atoms with Crippen molar-refractivity contribution in [2.75, 3.05) is 24.6 Å². The van der Waals surface area contributed by atoms with Crippen LogP contribution in [0.5, 0.6) is 0 Å². The Morgan fingerprint density at radius 1 is 1.35 bits per heavy atom. The minimum Gasteiger partial charge on any atom is -0.338 e. The molecule has 17 heavy (non-hydrogen) atoms. The van der Waals surface area contributed by atoms with Crippen LogP contribution >= 0.6 is 11.8 Å². The Kier molecular flexibility index (Phi) is 4.49. The molecule has 3 heteroatoms. The average molecular weight is 249 g/mol. The highest BCUT2D eigenvalue weighted by molar-refractivity contribution is 7.99. The molecule has 1 aliphatic rings. The Bertz CT molecular complexity index is 392. The number of thioether (sulfide) groups is 1. The van der Waals surface area contributed by atoms with Gasteiger partial charge >= 0.3 is 0 Å². The fourth-order valence-electron chi connectivity index (χ4n) is 2.19. The largest absolute Gasteiger partial charge is 0.338 e. The number of carbonyl (C=O) groups is 1. The zero-order chi connectivity index (χ0) is 12.1. The fraction of sp³-hybridized carbons (Fsp3) is 0.500. The predicted molar refractivity (Wildman–Crippen MR) is 73.7 cm³/mol. The molecule has 92 valence electrons. The number of nitrogens with zero attached hydrogens (tertiary/aromatic N) is 1. The lowest BCUT2D eigenvalue weighted by molar-refractivity contribution is 0.0740. The van der Waals surface area contributed by atoms with Crippen LogP contribution in [-0.4, -0.2) is 35.4 Å². The van der Waals surface area contributed by atoms with Gasteiger partial charge in [0, 0.05) is 18.7 Å². The summed E-state index contributed by atoms with van der Waals surface area (Å²) < 4.78 is 0. The van der Waals surface area contributed by atoms with E-state index in [9.17, 15) is 4.79 Å². The molecule has 0 radical (unpaired) electrons. The summed E-state index contributed by atoms with van der Waals surface area (Å²) >= 11 is 1.95. The van der Waals surface area contributed by atoms with Gasteiger partial charge in [-0.1, -0.05) is 25.1 Å². The van der Waals surface area contributed by atoms with Crippen molar-refractivity contribution < 1.29 is 4.79 Å². The molecule has 0 aromatic heterocycles. The molecule has 0 spiro atoms. The van der Waals surface area contributed by atoms with Crippen LogP contribution in [0.25, 0.3) is 0 Å². The molecule has 0 atom stereocenters. The summed E-state index contributed by atoms with van der Waals surface area (Å²) in [4.78, 5) is 14.2. The number of amides is 1. The van der Waals surface area contributed by atoms with E-state index >= 15 is 0 Å². The van der Waals surface area contributed by atoms with Crippen LogP contribution in [-0.2, 0) is 6.42 Å². The number of benzene rings is 1. The van der Waals surface area contributed by atoms with Crippen LogP contribution in [0.3, 0.4) is 0 Å². The zero-order valence-corrected chi connectivity index (χ0v) is 11.1. The summed E-state index contributed by atoms with van der Waals surface area (Å²) in [7, 11) is 0. The van der Waals surface area contributed by atoms with E-state index in [0.29, 0.717) is 0 Å². The van der Waals surface area contributed by atoms with Crippen LogP contribution in [0.1, 0.15) is 29.3 Å². The topological polar surface area (TPSA) is 20.3 Å². The Morgan fingerprint density at radius 2 is 2.18 bits per heavy atom. The van der Waals surface area contributed by atoms with E-state index in [1.807, 2.05) is 34.9 Å². The molecular weight excluding hydrogens is 230 g/mol.